The first kappa shape index (κ1) is 19.2. The van der Waals surface area contributed by atoms with Crippen molar-refractivity contribution in [1.82, 2.24) is 4.90 Å². The van der Waals surface area contributed by atoms with Gasteiger partial charge in [0, 0.05) is 42.6 Å². The average Bonchev–Trinajstić information content (AvgIpc) is 2.65. The minimum atomic E-state index is -0.272. The monoisotopic (exact) mass is 385 g/mol. The molecule has 1 saturated heterocycles. The lowest BCUT2D eigenvalue weighted by Gasteiger charge is -2.36. The zero-order chi connectivity index (χ0) is 19.4. The Morgan fingerprint density at radius 2 is 1.74 bits per heavy atom. The molecule has 1 aliphatic rings. The van der Waals surface area contributed by atoms with Gasteiger partial charge in [-0.3, -0.25) is 9.59 Å². The Kier molecular flexibility index (Phi) is 6.01. The van der Waals surface area contributed by atoms with Crippen LogP contribution in [0.25, 0.3) is 0 Å². The van der Waals surface area contributed by atoms with Gasteiger partial charge in [0.25, 0.3) is 0 Å². The molecule has 0 spiro atoms. The van der Waals surface area contributed by atoms with Gasteiger partial charge in [-0.25, -0.2) is 0 Å². The molecule has 5 nitrogen and oxygen atoms in total. The number of anilines is 2. The minimum absolute atomic E-state index is 0.134. The lowest BCUT2D eigenvalue weighted by Crippen LogP contribution is -2.49. The van der Waals surface area contributed by atoms with E-state index in [-0.39, 0.29) is 18.2 Å². The predicted molar refractivity (Wildman–Crippen MR) is 109 cm³/mol. The lowest BCUT2D eigenvalue weighted by molar-refractivity contribution is -0.134. The van der Waals surface area contributed by atoms with E-state index >= 15 is 0 Å². The molecule has 0 aromatic heterocycles. The van der Waals surface area contributed by atoms with E-state index in [0.29, 0.717) is 18.1 Å². The Labute approximate surface area is 164 Å². The fourth-order valence-electron chi connectivity index (χ4n) is 3.22. The van der Waals surface area contributed by atoms with Crippen molar-refractivity contribution in [2.75, 3.05) is 36.4 Å². The van der Waals surface area contributed by atoms with Crippen LogP contribution in [0.15, 0.2) is 42.5 Å². The third-order valence-electron chi connectivity index (χ3n) is 5.00. The van der Waals surface area contributed by atoms with E-state index in [9.17, 15) is 9.59 Å². The van der Waals surface area contributed by atoms with Crippen LogP contribution in [0.1, 0.15) is 17.5 Å². The van der Waals surface area contributed by atoms with E-state index in [1.807, 2.05) is 56.3 Å². The summed E-state index contributed by atoms with van der Waals surface area (Å²) in [6.45, 7) is 6.61. The number of halogens is 1. The van der Waals surface area contributed by atoms with Crippen LogP contribution in [0.4, 0.5) is 11.4 Å². The molecule has 0 unspecified atom stereocenters. The van der Waals surface area contributed by atoms with Gasteiger partial charge in [0.1, 0.15) is 6.42 Å². The standard InChI is InChI=1S/C21H24ClN3O2/c1-15-5-3-8-19(16(15)2)23-20(26)14-21(27)25-11-9-24(10-12-25)18-7-4-6-17(22)13-18/h3-8,13H,9-12,14H2,1-2H3,(H,23,26). The maximum atomic E-state index is 12.5. The number of hydrogen-bond acceptors (Lipinski definition) is 3. The number of carbonyl (C=O) groups is 2. The van der Waals surface area contributed by atoms with Crippen molar-refractivity contribution in [3.05, 3.63) is 58.6 Å². The van der Waals surface area contributed by atoms with E-state index < -0.39 is 0 Å². The Hall–Kier alpha value is -2.53. The van der Waals surface area contributed by atoms with Gasteiger partial charge in [0.05, 0.1) is 0 Å². The van der Waals surface area contributed by atoms with Crippen LogP contribution in [0.2, 0.25) is 5.02 Å². The van der Waals surface area contributed by atoms with E-state index in [1.165, 1.54) is 0 Å². The van der Waals surface area contributed by atoms with Gasteiger partial charge in [-0.1, -0.05) is 29.8 Å². The molecule has 2 amide bonds. The first-order valence-electron chi connectivity index (χ1n) is 9.08. The number of benzene rings is 2. The van der Waals surface area contributed by atoms with Crippen LogP contribution >= 0.6 is 11.6 Å². The average molecular weight is 386 g/mol. The molecule has 0 saturated carbocycles. The summed E-state index contributed by atoms with van der Waals surface area (Å²) in [6.07, 6.45) is -0.134. The van der Waals surface area contributed by atoms with E-state index in [2.05, 4.69) is 10.2 Å². The zero-order valence-electron chi connectivity index (χ0n) is 15.7. The molecule has 2 aromatic rings. The second-order valence-corrected chi connectivity index (χ2v) is 7.26. The Morgan fingerprint density at radius 3 is 2.44 bits per heavy atom. The highest BCUT2D eigenvalue weighted by atomic mass is 35.5. The zero-order valence-corrected chi connectivity index (χ0v) is 16.4. The lowest BCUT2D eigenvalue weighted by atomic mass is 10.1. The van der Waals surface area contributed by atoms with Crippen molar-refractivity contribution >= 4 is 34.8 Å². The van der Waals surface area contributed by atoms with Gasteiger partial charge in [-0.15, -0.1) is 0 Å². The number of nitrogens with one attached hydrogen (secondary N) is 1. The molecule has 0 bridgehead atoms. The smallest absolute Gasteiger partial charge is 0.233 e. The number of aryl methyl sites for hydroxylation is 1. The van der Waals surface area contributed by atoms with Crippen molar-refractivity contribution in [2.45, 2.75) is 20.3 Å². The van der Waals surface area contributed by atoms with Gasteiger partial charge in [-0.2, -0.15) is 0 Å². The molecule has 1 aliphatic heterocycles. The normalized spacial score (nSPS) is 14.2. The Balaban J connectivity index is 1.52. The summed E-state index contributed by atoms with van der Waals surface area (Å²) in [7, 11) is 0. The van der Waals surface area contributed by atoms with Crippen LogP contribution < -0.4 is 10.2 Å². The third-order valence-corrected chi connectivity index (χ3v) is 5.23. The van der Waals surface area contributed by atoms with Crippen LogP contribution in [0.5, 0.6) is 0 Å². The van der Waals surface area contributed by atoms with E-state index in [4.69, 9.17) is 11.6 Å². The maximum absolute atomic E-state index is 12.5. The summed E-state index contributed by atoms with van der Waals surface area (Å²) >= 11 is 6.05. The summed E-state index contributed by atoms with van der Waals surface area (Å²) in [5.74, 6) is -0.408. The molecular weight excluding hydrogens is 362 g/mol. The number of piperazine rings is 1. The first-order chi connectivity index (χ1) is 12.9. The van der Waals surface area contributed by atoms with E-state index in [1.54, 1.807) is 4.90 Å². The molecule has 1 N–H and O–H groups in total. The molecule has 6 heteroatoms. The molecule has 1 heterocycles. The molecule has 0 aliphatic carbocycles. The fraction of sp³-hybridized carbons (Fsp3) is 0.333. The molecule has 0 atom stereocenters. The predicted octanol–water partition coefficient (Wildman–Crippen LogP) is 3.63. The van der Waals surface area contributed by atoms with E-state index in [0.717, 1.165) is 35.6 Å². The minimum Gasteiger partial charge on any atom is -0.368 e. The highest BCUT2D eigenvalue weighted by Crippen LogP contribution is 2.21. The second-order valence-electron chi connectivity index (χ2n) is 6.82. The Bertz CT molecular complexity index is 845. The van der Waals surface area contributed by atoms with Crippen molar-refractivity contribution in [2.24, 2.45) is 0 Å². The highest BCUT2D eigenvalue weighted by Gasteiger charge is 2.23. The molecule has 3 rings (SSSR count). The number of hydrogen-bond donors (Lipinski definition) is 1. The quantitative estimate of drug-likeness (QED) is 0.817. The first-order valence-corrected chi connectivity index (χ1v) is 9.46. The van der Waals surface area contributed by atoms with Crippen molar-refractivity contribution < 1.29 is 9.59 Å². The topological polar surface area (TPSA) is 52.7 Å². The highest BCUT2D eigenvalue weighted by molar-refractivity contribution is 6.30. The SMILES string of the molecule is Cc1cccc(NC(=O)CC(=O)N2CCN(c3cccc(Cl)c3)CC2)c1C. The van der Waals surface area contributed by atoms with Crippen LogP contribution in [-0.2, 0) is 9.59 Å². The summed E-state index contributed by atoms with van der Waals surface area (Å²) in [4.78, 5) is 28.7. The van der Waals surface area contributed by atoms with Crippen LogP contribution in [0, 0.1) is 13.8 Å². The molecule has 142 valence electrons. The van der Waals surface area contributed by atoms with Crippen molar-refractivity contribution in [3.63, 3.8) is 0 Å². The molecular formula is C21H24ClN3O2. The molecule has 2 aromatic carbocycles. The van der Waals surface area contributed by atoms with Gasteiger partial charge in [0.2, 0.25) is 11.8 Å². The summed E-state index contributed by atoms with van der Waals surface area (Å²) in [5, 5.41) is 3.55. The molecule has 27 heavy (non-hydrogen) atoms. The van der Waals surface area contributed by atoms with Gasteiger partial charge in [-0.05, 0) is 49.2 Å². The molecule has 1 fully saturated rings. The van der Waals surface area contributed by atoms with Crippen LogP contribution in [-0.4, -0.2) is 42.9 Å². The maximum Gasteiger partial charge on any atom is 0.233 e. The van der Waals surface area contributed by atoms with Gasteiger partial charge in [0.15, 0.2) is 0 Å². The second kappa shape index (κ2) is 8.44. The summed E-state index contributed by atoms with van der Waals surface area (Å²) < 4.78 is 0. The van der Waals surface area contributed by atoms with Crippen molar-refractivity contribution in [1.29, 1.82) is 0 Å². The van der Waals surface area contributed by atoms with Crippen LogP contribution in [0.3, 0.4) is 0 Å². The number of nitrogens with zero attached hydrogens (tertiary/aromatic N) is 2. The number of rotatable bonds is 4. The number of amides is 2. The summed E-state index contributed by atoms with van der Waals surface area (Å²) in [6, 6.07) is 13.5. The fourth-order valence-corrected chi connectivity index (χ4v) is 3.40. The van der Waals surface area contributed by atoms with Crippen molar-refractivity contribution in [3.8, 4) is 0 Å². The van der Waals surface area contributed by atoms with Gasteiger partial charge >= 0.3 is 0 Å². The third kappa shape index (κ3) is 4.80. The summed E-state index contributed by atoms with van der Waals surface area (Å²) in [5.41, 5.74) is 3.95. The Morgan fingerprint density at radius 1 is 1.04 bits per heavy atom. The van der Waals surface area contributed by atoms with Gasteiger partial charge < -0.3 is 15.1 Å². The molecule has 0 radical (unpaired) electrons. The largest absolute Gasteiger partial charge is 0.368 e. The number of carbonyl (C=O) groups excluding carboxylic acids is 2.